The summed E-state index contributed by atoms with van der Waals surface area (Å²) in [6.07, 6.45) is 0.436. The molecule has 1 atom stereocenters. The van der Waals surface area contributed by atoms with E-state index in [-0.39, 0.29) is 0 Å². The molecule has 0 radical (unpaired) electrons. The van der Waals surface area contributed by atoms with Gasteiger partial charge in [0.2, 0.25) is 0 Å². The van der Waals surface area contributed by atoms with Crippen molar-refractivity contribution in [1.29, 1.82) is 0 Å². The molecule has 2 aromatic carbocycles. The Kier molecular flexibility index (Phi) is 5.69. The van der Waals surface area contributed by atoms with Crippen LogP contribution in [0.2, 0.25) is 0 Å². The number of ether oxygens (including phenoxy) is 1. The highest BCUT2D eigenvalue weighted by Crippen LogP contribution is 2.29. The van der Waals surface area contributed by atoms with Crippen molar-refractivity contribution in [2.75, 3.05) is 6.61 Å². The molecule has 1 N–H and O–H groups in total. The van der Waals surface area contributed by atoms with Crippen LogP contribution in [0.15, 0.2) is 59.5 Å². The van der Waals surface area contributed by atoms with Crippen LogP contribution in [0.1, 0.15) is 12.5 Å². The van der Waals surface area contributed by atoms with Crippen molar-refractivity contribution in [3.8, 4) is 5.75 Å². The first-order chi connectivity index (χ1) is 10.2. The van der Waals surface area contributed by atoms with E-state index in [1.165, 1.54) is 11.8 Å². The Morgan fingerprint density at radius 3 is 2.48 bits per heavy atom. The Hall–Kier alpha value is -1.94. The van der Waals surface area contributed by atoms with Crippen LogP contribution in [0.3, 0.4) is 0 Å². The fraction of sp³-hybridized carbons (Fsp3) is 0.235. The summed E-state index contributed by atoms with van der Waals surface area (Å²) in [4.78, 5) is 12.5. The average molecular weight is 302 g/mol. The molecule has 0 aliphatic heterocycles. The minimum Gasteiger partial charge on any atom is -0.494 e. The van der Waals surface area contributed by atoms with Gasteiger partial charge in [0.25, 0.3) is 0 Å². The Labute approximate surface area is 129 Å². The largest absolute Gasteiger partial charge is 0.494 e. The summed E-state index contributed by atoms with van der Waals surface area (Å²) in [6, 6.07) is 17.2. The lowest BCUT2D eigenvalue weighted by atomic mass is 10.1. The zero-order chi connectivity index (χ0) is 15.1. The summed E-state index contributed by atoms with van der Waals surface area (Å²) < 4.78 is 5.57. The minimum absolute atomic E-state index is 0.436. The monoisotopic (exact) mass is 302 g/mol. The van der Waals surface area contributed by atoms with Crippen LogP contribution in [-0.2, 0) is 11.2 Å². The first-order valence-electron chi connectivity index (χ1n) is 6.86. The maximum absolute atomic E-state index is 11.5. The van der Waals surface area contributed by atoms with Crippen molar-refractivity contribution >= 4 is 17.7 Å². The maximum Gasteiger partial charge on any atom is 0.317 e. The summed E-state index contributed by atoms with van der Waals surface area (Å²) in [5, 5.41) is 8.92. The van der Waals surface area contributed by atoms with Crippen LogP contribution >= 0.6 is 11.8 Å². The van der Waals surface area contributed by atoms with Gasteiger partial charge in [-0.1, -0.05) is 36.4 Å². The molecule has 4 heteroatoms. The number of aliphatic carboxylic acids is 1. The van der Waals surface area contributed by atoms with Gasteiger partial charge in [-0.25, -0.2) is 0 Å². The maximum atomic E-state index is 11.5. The zero-order valence-electron chi connectivity index (χ0n) is 11.9. The molecule has 0 aliphatic carbocycles. The highest BCUT2D eigenvalue weighted by atomic mass is 32.2. The molecule has 0 unspecified atom stereocenters. The SMILES string of the molecule is CCOc1ccccc1C[C@@H](Sc1ccccc1)C(=O)O. The molecular weight excluding hydrogens is 284 g/mol. The van der Waals surface area contributed by atoms with E-state index in [4.69, 9.17) is 4.74 Å². The number of thioether (sulfide) groups is 1. The van der Waals surface area contributed by atoms with Gasteiger partial charge < -0.3 is 9.84 Å². The first kappa shape index (κ1) is 15.4. The summed E-state index contributed by atoms with van der Waals surface area (Å²) in [7, 11) is 0. The van der Waals surface area contributed by atoms with Crippen molar-refractivity contribution in [2.45, 2.75) is 23.5 Å². The lowest BCUT2D eigenvalue weighted by molar-refractivity contribution is -0.136. The van der Waals surface area contributed by atoms with Crippen molar-refractivity contribution in [3.63, 3.8) is 0 Å². The summed E-state index contributed by atoms with van der Waals surface area (Å²) in [5.74, 6) is -0.0462. The molecule has 0 bridgehead atoms. The predicted octanol–water partition coefficient (Wildman–Crippen LogP) is 3.87. The third-order valence-electron chi connectivity index (χ3n) is 2.97. The fourth-order valence-electron chi connectivity index (χ4n) is 2.01. The molecule has 0 spiro atoms. The van der Waals surface area contributed by atoms with Gasteiger partial charge >= 0.3 is 5.97 Å². The molecule has 0 amide bonds. The molecule has 0 saturated carbocycles. The molecule has 2 rings (SSSR count). The number of hydrogen-bond acceptors (Lipinski definition) is 3. The predicted molar refractivity (Wildman–Crippen MR) is 85.0 cm³/mol. The van der Waals surface area contributed by atoms with E-state index in [0.29, 0.717) is 13.0 Å². The first-order valence-corrected chi connectivity index (χ1v) is 7.74. The van der Waals surface area contributed by atoms with E-state index >= 15 is 0 Å². The smallest absolute Gasteiger partial charge is 0.317 e. The zero-order valence-corrected chi connectivity index (χ0v) is 12.7. The van der Waals surface area contributed by atoms with Crippen LogP contribution in [-0.4, -0.2) is 22.9 Å². The second kappa shape index (κ2) is 7.74. The molecule has 0 aromatic heterocycles. The molecule has 0 saturated heterocycles. The van der Waals surface area contributed by atoms with E-state index in [0.717, 1.165) is 16.2 Å². The standard InChI is InChI=1S/C17H18O3S/c1-2-20-15-11-7-6-8-13(15)12-16(17(18)19)21-14-9-4-3-5-10-14/h3-11,16H,2,12H2,1H3,(H,18,19)/t16-/m1/s1. The number of hydrogen-bond donors (Lipinski definition) is 1. The van der Waals surface area contributed by atoms with Gasteiger partial charge in [-0.15, -0.1) is 11.8 Å². The lowest BCUT2D eigenvalue weighted by Gasteiger charge is -2.15. The second-order valence-electron chi connectivity index (χ2n) is 4.50. The Morgan fingerprint density at radius 1 is 1.14 bits per heavy atom. The van der Waals surface area contributed by atoms with Crippen molar-refractivity contribution in [1.82, 2.24) is 0 Å². The van der Waals surface area contributed by atoms with Gasteiger partial charge in [-0.2, -0.15) is 0 Å². The van der Waals surface area contributed by atoms with Crippen LogP contribution in [0, 0.1) is 0 Å². The third kappa shape index (κ3) is 4.53. The second-order valence-corrected chi connectivity index (χ2v) is 5.78. The summed E-state index contributed by atoms with van der Waals surface area (Å²) in [6.45, 7) is 2.49. The number of carboxylic acid groups (broad SMARTS) is 1. The average Bonchev–Trinajstić information content (AvgIpc) is 2.49. The number of benzene rings is 2. The fourth-order valence-corrected chi connectivity index (χ4v) is 3.02. The molecule has 3 nitrogen and oxygen atoms in total. The van der Waals surface area contributed by atoms with Crippen molar-refractivity contribution in [3.05, 3.63) is 60.2 Å². The Morgan fingerprint density at radius 2 is 1.81 bits per heavy atom. The molecule has 0 heterocycles. The van der Waals surface area contributed by atoms with E-state index in [2.05, 4.69) is 0 Å². The minimum atomic E-state index is -0.810. The highest BCUT2D eigenvalue weighted by Gasteiger charge is 2.21. The van der Waals surface area contributed by atoms with Gasteiger partial charge in [-0.05, 0) is 37.1 Å². The van der Waals surface area contributed by atoms with E-state index < -0.39 is 11.2 Å². The normalized spacial score (nSPS) is 11.9. The molecule has 21 heavy (non-hydrogen) atoms. The molecule has 2 aromatic rings. The van der Waals surface area contributed by atoms with Gasteiger partial charge in [0, 0.05) is 4.90 Å². The molecule has 110 valence electrons. The number of carbonyl (C=O) groups is 1. The Balaban J connectivity index is 2.15. The van der Waals surface area contributed by atoms with Crippen LogP contribution in [0.5, 0.6) is 5.75 Å². The van der Waals surface area contributed by atoms with Crippen LogP contribution in [0.25, 0.3) is 0 Å². The topological polar surface area (TPSA) is 46.5 Å². The number of carboxylic acids is 1. The Bertz CT molecular complexity index is 584. The van der Waals surface area contributed by atoms with E-state index in [1.807, 2.05) is 61.5 Å². The molecule has 0 aliphatic rings. The van der Waals surface area contributed by atoms with Gasteiger partial charge in [0.15, 0.2) is 0 Å². The quantitative estimate of drug-likeness (QED) is 0.789. The number of para-hydroxylation sites is 1. The van der Waals surface area contributed by atoms with Crippen LogP contribution in [0.4, 0.5) is 0 Å². The third-order valence-corrected chi connectivity index (χ3v) is 4.17. The van der Waals surface area contributed by atoms with Crippen molar-refractivity contribution < 1.29 is 14.6 Å². The summed E-state index contributed by atoms with van der Waals surface area (Å²) in [5.41, 5.74) is 0.926. The molecular formula is C17H18O3S. The van der Waals surface area contributed by atoms with E-state index in [9.17, 15) is 9.90 Å². The van der Waals surface area contributed by atoms with E-state index in [1.54, 1.807) is 0 Å². The van der Waals surface area contributed by atoms with Gasteiger partial charge in [0.1, 0.15) is 11.0 Å². The van der Waals surface area contributed by atoms with Gasteiger partial charge in [-0.3, -0.25) is 4.79 Å². The molecule has 0 fully saturated rings. The lowest BCUT2D eigenvalue weighted by Crippen LogP contribution is -2.19. The van der Waals surface area contributed by atoms with Crippen molar-refractivity contribution in [2.24, 2.45) is 0 Å². The van der Waals surface area contributed by atoms with Gasteiger partial charge in [0.05, 0.1) is 6.61 Å². The van der Waals surface area contributed by atoms with Crippen LogP contribution < -0.4 is 4.74 Å². The highest BCUT2D eigenvalue weighted by molar-refractivity contribution is 8.00. The summed E-state index contributed by atoms with van der Waals surface area (Å²) >= 11 is 1.36. The number of rotatable bonds is 7.